The van der Waals surface area contributed by atoms with Crippen LogP contribution in [0.1, 0.15) is 16.8 Å². The van der Waals surface area contributed by atoms with Gasteiger partial charge < -0.3 is 4.74 Å². The second-order valence-electron chi connectivity index (χ2n) is 3.89. The molecule has 0 aliphatic rings. The van der Waals surface area contributed by atoms with E-state index in [1.807, 2.05) is 13.0 Å². The molecule has 0 aliphatic carbocycles. The molecule has 2 heteroatoms. The van der Waals surface area contributed by atoms with E-state index in [1.54, 1.807) is 7.11 Å². The summed E-state index contributed by atoms with van der Waals surface area (Å²) >= 11 is 0. The number of pyridine rings is 1. The molecule has 0 N–H and O–H groups in total. The second kappa shape index (κ2) is 3.54. The maximum absolute atomic E-state index is 5.41. The number of hydrogen-bond acceptors (Lipinski definition) is 2. The normalized spacial score (nSPS) is 10.7. The summed E-state index contributed by atoms with van der Waals surface area (Å²) in [6.45, 7) is 6.15. The van der Waals surface area contributed by atoms with Crippen molar-refractivity contribution in [2.24, 2.45) is 0 Å². The number of benzene rings is 1. The number of nitrogens with zero attached hydrogens (tertiary/aromatic N) is 1. The van der Waals surface area contributed by atoms with Crippen LogP contribution in [-0.4, -0.2) is 12.1 Å². The van der Waals surface area contributed by atoms with Gasteiger partial charge in [0.05, 0.1) is 7.11 Å². The Morgan fingerprint density at radius 1 is 1.07 bits per heavy atom. The summed E-state index contributed by atoms with van der Waals surface area (Å²) in [5, 5.41) is 1.17. The summed E-state index contributed by atoms with van der Waals surface area (Å²) < 4.78 is 5.41. The molecule has 0 atom stereocenters. The van der Waals surface area contributed by atoms with Crippen LogP contribution in [0.5, 0.6) is 5.75 Å². The topological polar surface area (TPSA) is 22.1 Å². The lowest BCUT2D eigenvalue weighted by atomic mass is 10.0. The van der Waals surface area contributed by atoms with Crippen LogP contribution in [0.25, 0.3) is 10.9 Å². The second-order valence-corrected chi connectivity index (χ2v) is 3.89. The van der Waals surface area contributed by atoms with Crippen LogP contribution >= 0.6 is 0 Å². The molecule has 1 heterocycles. The van der Waals surface area contributed by atoms with Crippen molar-refractivity contribution in [2.45, 2.75) is 20.8 Å². The monoisotopic (exact) mass is 201 g/mol. The largest absolute Gasteiger partial charge is 0.494 e. The van der Waals surface area contributed by atoms with Gasteiger partial charge in [-0.15, -0.1) is 0 Å². The van der Waals surface area contributed by atoms with Gasteiger partial charge in [0.1, 0.15) is 11.3 Å². The third kappa shape index (κ3) is 1.56. The van der Waals surface area contributed by atoms with Gasteiger partial charge in [-0.3, -0.25) is 0 Å². The van der Waals surface area contributed by atoms with Gasteiger partial charge in [-0.1, -0.05) is 12.1 Å². The fraction of sp³-hybridized carbons (Fsp3) is 0.308. The van der Waals surface area contributed by atoms with Gasteiger partial charge in [0.25, 0.3) is 0 Å². The maximum Gasteiger partial charge on any atom is 0.148 e. The van der Waals surface area contributed by atoms with E-state index in [4.69, 9.17) is 4.74 Å². The molecule has 2 rings (SSSR count). The fourth-order valence-electron chi connectivity index (χ4n) is 1.96. The number of ether oxygens (including phenoxy) is 1. The average Bonchev–Trinajstić information content (AvgIpc) is 2.17. The predicted octanol–water partition coefficient (Wildman–Crippen LogP) is 3.17. The smallest absolute Gasteiger partial charge is 0.148 e. The van der Waals surface area contributed by atoms with Gasteiger partial charge >= 0.3 is 0 Å². The summed E-state index contributed by atoms with van der Waals surface area (Å²) in [4.78, 5) is 4.54. The summed E-state index contributed by atoms with van der Waals surface area (Å²) in [5.41, 5.74) is 4.37. The Kier molecular flexibility index (Phi) is 2.35. The zero-order valence-electron chi connectivity index (χ0n) is 9.59. The van der Waals surface area contributed by atoms with Crippen molar-refractivity contribution >= 4 is 10.9 Å². The van der Waals surface area contributed by atoms with E-state index in [9.17, 15) is 0 Å². The van der Waals surface area contributed by atoms with Gasteiger partial charge in [-0.25, -0.2) is 4.98 Å². The van der Waals surface area contributed by atoms with Crippen molar-refractivity contribution in [3.05, 3.63) is 35.0 Å². The Labute approximate surface area is 89.9 Å². The highest BCUT2D eigenvalue weighted by Crippen LogP contribution is 2.30. The number of rotatable bonds is 1. The molecule has 0 radical (unpaired) electrons. The average molecular weight is 201 g/mol. The van der Waals surface area contributed by atoms with E-state index < -0.39 is 0 Å². The highest BCUT2D eigenvalue weighted by Gasteiger charge is 2.09. The number of fused-ring (bicyclic) bond motifs is 1. The third-order valence-electron chi connectivity index (χ3n) is 2.67. The SMILES string of the molecule is COc1c(C)cc(C)c2ccc(C)nc12. The highest BCUT2D eigenvalue weighted by molar-refractivity contribution is 5.88. The first-order chi connectivity index (χ1) is 7.13. The summed E-state index contributed by atoms with van der Waals surface area (Å²) in [6, 6.07) is 6.28. The van der Waals surface area contributed by atoms with Crippen molar-refractivity contribution in [1.82, 2.24) is 4.98 Å². The molecule has 1 aromatic heterocycles. The molecular formula is C13H15NO. The minimum Gasteiger partial charge on any atom is -0.494 e. The minimum atomic E-state index is 0.888. The van der Waals surface area contributed by atoms with Crippen molar-refractivity contribution in [2.75, 3.05) is 7.11 Å². The standard InChI is InChI=1S/C13H15NO/c1-8-7-9(2)13(15-4)12-11(8)6-5-10(3)14-12/h5-7H,1-4H3. The van der Waals surface area contributed by atoms with Crippen molar-refractivity contribution in [3.63, 3.8) is 0 Å². The summed E-state index contributed by atoms with van der Waals surface area (Å²) in [5.74, 6) is 0.888. The lowest BCUT2D eigenvalue weighted by Crippen LogP contribution is -1.94. The van der Waals surface area contributed by atoms with Crippen LogP contribution in [0.2, 0.25) is 0 Å². The van der Waals surface area contributed by atoms with E-state index in [2.05, 4.69) is 31.0 Å². The zero-order valence-corrected chi connectivity index (χ0v) is 9.59. The van der Waals surface area contributed by atoms with Gasteiger partial charge in [0, 0.05) is 11.1 Å². The Bertz CT molecular complexity index is 517. The first-order valence-corrected chi connectivity index (χ1v) is 5.05. The fourth-order valence-corrected chi connectivity index (χ4v) is 1.96. The van der Waals surface area contributed by atoms with Crippen molar-refractivity contribution in [1.29, 1.82) is 0 Å². The molecule has 1 aromatic carbocycles. The van der Waals surface area contributed by atoms with Gasteiger partial charge in [0.2, 0.25) is 0 Å². The van der Waals surface area contributed by atoms with E-state index in [0.29, 0.717) is 0 Å². The lowest BCUT2D eigenvalue weighted by molar-refractivity contribution is 0.415. The highest BCUT2D eigenvalue weighted by atomic mass is 16.5. The first kappa shape index (κ1) is 9.97. The van der Waals surface area contributed by atoms with Gasteiger partial charge in [-0.05, 0) is 38.0 Å². The Morgan fingerprint density at radius 2 is 1.80 bits per heavy atom. The first-order valence-electron chi connectivity index (χ1n) is 5.05. The molecular weight excluding hydrogens is 186 g/mol. The molecule has 2 aromatic rings. The minimum absolute atomic E-state index is 0.888. The van der Waals surface area contributed by atoms with Crippen LogP contribution < -0.4 is 4.74 Å². The molecule has 0 unspecified atom stereocenters. The van der Waals surface area contributed by atoms with E-state index in [0.717, 1.165) is 22.5 Å². The van der Waals surface area contributed by atoms with E-state index in [1.165, 1.54) is 10.9 Å². The molecule has 2 nitrogen and oxygen atoms in total. The van der Waals surface area contributed by atoms with Gasteiger partial charge in [0.15, 0.2) is 0 Å². The number of aromatic nitrogens is 1. The quantitative estimate of drug-likeness (QED) is 0.707. The van der Waals surface area contributed by atoms with E-state index in [-0.39, 0.29) is 0 Å². The van der Waals surface area contributed by atoms with Crippen LogP contribution in [0.3, 0.4) is 0 Å². The van der Waals surface area contributed by atoms with Crippen LogP contribution in [0.15, 0.2) is 18.2 Å². The Balaban J connectivity index is 2.91. The lowest BCUT2D eigenvalue weighted by Gasteiger charge is -2.11. The summed E-state index contributed by atoms with van der Waals surface area (Å²) in [7, 11) is 1.70. The van der Waals surface area contributed by atoms with Gasteiger partial charge in [-0.2, -0.15) is 0 Å². The molecule has 78 valence electrons. The van der Waals surface area contributed by atoms with Crippen LogP contribution in [0.4, 0.5) is 0 Å². The molecule has 0 fully saturated rings. The third-order valence-corrected chi connectivity index (χ3v) is 2.67. The molecule has 0 amide bonds. The van der Waals surface area contributed by atoms with Crippen LogP contribution in [-0.2, 0) is 0 Å². The molecule has 0 saturated heterocycles. The zero-order chi connectivity index (χ0) is 11.0. The Hall–Kier alpha value is -1.57. The number of hydrogen-bond donors (Lipinski definition) is 0. The van der Waals surface area contributed by atoms with Crippen LogP contribution in [0, 0.1) is 20.8 Å². The van der Waals surface area contributed by atoms with Crippen molar-refractivity contribution < 1.29 is 4.74 Å². The summed E-state index contributed by atoms with van der Waals surface area (Å²) in [6.07, 6.45) is 0. The van der Waals surface area contributed by atoms with E-state index >= 15 is 0 Å². The predicted molar refractivity (Wildman–Crippen MR) is 62.5 cm³/mol. The molecule has 0 saturated carbocycles. The molecule has 0 bridgehead atoms. The molecule has 0 aliphatic heterocycles. The number of aryl methyl sites for hydroxylation is 3. The molecule has 15 heavy (non-hydrogen) atoms. The molecule has 0 spiro atoms. The maximum atomic E-state index is 5.41. The van der Waals surface area contributed by atoms with Crippen molar-refractivity contribution in [3.8, 4) is 5.75 Å². The number of methoxy groups -OCH3 is 1. The Morgan fingerprint density at radius 3 is 2.47 bits per heavy atom.